The number of piperidine rings is 1. The van der Waals surface area contributed by atoms with Gasteiger partial charge in [-0.1, -0.05) is 6.42 Å². The van der Waals surface area contributed by atoms with Crippen molar-refractivity contribution in [2.45, 2.75) is 30.7 Å². The Kier molecular flexibility index (Phi) is 5.30. The maximum atomic E-state index is 12.7. The largest absolute Gasteiger partial charge is 0.374 e. The van der Waals surface area contributed by atoms with Gasteiger partial charge in [-0.25, -0.2) is 13.4 Å². The fourth-order valence-electron chi connectivity index (χ4n) is 2.74. The van der Waals surface area contributed by atoms with Crippen LogP contribution in [-0.4, -0.2) is 35.7 Å². The highest BCUT2D eigenvalue weighted by atomic mass is 32.2. The summed E-state index contributed by atoms with van der Waals surface area (Å²) in [7, 11) is -3.70. The summed E-state index contributed by atoms with van der Waals surface area (Å²) in [5, 5.41) is 16.2. The number of rotatable bonds is 6. The fraction of sp³-hybridized carbons (Fsp3) is 0.400. The molecular weight excluding hydrogens is 364 g/mol. The van der Waals surface area contributed by atoms with Crippen LogP contribution in [0, 0.1) is 10.1 Å². The van der Waals surface area contributed by atoms with Gasteiger partial charge in [0.1, 0.15) is 5.69 Å². The lowest BCUT2D eigenvalue weighted by atomic mass is 10.2. The van der Waals surface area contributed by atoms with Crippen molar-refractivity contribution in [1.29, 1.82) is 0 Å². The van der Waals surface area contributed by atoms with Gasteiger partial charge in [-0.3, -0.25) is 10.1 Å². The van der Waals surface area contributed by atoms with E-state index in [9.17, 15) is 18.5 Å². The van der Waals surface area contributed by atoms with E-state index in [0.717, 1.165) is 31.0 Å². The zero-order chi connectivity index (χ0) is 17.9. The van der Waals surface area contributed by atoms with Crippen LogP contribution in [0.25, 0.3) is 0 Å². The molecule has 0 amide bonds. The topological polar surface area (TPSA) is 105 Å². The molecule has 0 spiro atoms. The van der Waals surface area contributed by atoms with E-state index >= 15 is 0 Å². The zero-order valence-corrected chi connectivity index (χ0v) is 15.1. The summed E-state index contributed by atoms with van der Waals surface area (Å²) in [6.07, 6.45) is 2.63. The van der Waals surface area contributed by atoms with E-state index in [1.807, 2.05) is 5.38 Å². The minimum absolute atomic E-state index is 0.0414. The molecule has 3 rings (SSSR count). The molecule has 1 aromatic carbocycles. The third kappa shape index (κ3) is 3.97. The molecule has 134 valence electrons. The summed E-state index contributed by atoms with van der Waals surface area (Å²) in [6.45, 7) is 1.25. The van der Waals surface area contributed by atoms with Crippen molar-refractivity contribution in [2.24, 2.45) is 0 Å². The quantitative estimate of drug-likeness (QED) is 0.608. The minimum Gasteiger partial charge on any atom is -0.374 e. The molecule has 0 aliphatic carbocycles. The summed E-state index contributed by atoms with van der Waals surface area (Å²) in [4.78, 5) is 14.9. The molecule has 1 fully saturated rings. The minimum atomic E-state index is -3.70. The second kappa shape index (κ2) is 7.46. The monoisotopic (exact) mass is 382 g/mol. The molecule has 0 bridgehead atoms. The summed E-state index contributed by atoms with van der Waals surface area (Å²) in [5.74, 6) is 0. The molecule has 10 heteroatoms. The predicted octanol–water partition coefficient (Wildman–Crippen LogP) is 2.84. The molecule has 2 aromatic rings. The molecule has 2 heterocycles. The van der Waals surface area contributed by atoms with E-state index in [1.165, 1.54) is 27.8 Å². The van der Waals surface area contributed by atoms with E-state index in [4.69, 9.17) is 0 Å². The average molecular weight is 382 g/mol. The number of nitrogens with zero attached hydrogens (tertiary/aromatic N) is 3. The molecule has 1 aliphatic rings. The number of hydrogen-bond acceptors (Lipinski definition) is 7. The molecule has 0 atom stereocenters. The number of nitrogens with one attached hydrogen (secondary N) is 1. The maximum Gasteiger partial charge on any atom is 0.293 e. The molecule has 1 aromatic heterocycles. The molecular formula is C15H18N4O4S2. The maximum absolute atomic E-state index is 12.7. The zero-order valence-electron chi connectivity index (χ0n) is 13.4. The Balaban J connectivity index is 1.86. The van der Waals surface area contributed by atoms with Crippen LogP contribution in [-0.2, 0) is 16.6 Å². The van der Waals surface area contributed by atoms with Crippen molar-refractivity contribution in [3.8, 4) is 0 Å². The van der Waals surface area contributed by atoms with Gasteiger partial charge >= 0.3 is 0 Å². The Hall–Kier alpha value is -2.04. The number of aromatic nitrogens is 1. The van der Waals surface area contributed by atoms with E-state index in [2.05, 4.69) is 10.3 Å². The third-order valence-electron chi connectivity index (χ3n) is 4.06. The Morgan fingerprint density at radius 1 is 1.28 bits per heavy atom. The van der Waals surface area contributed by atoms with Crippen LogP contribution >= 0.6 is 11.3 Å². The van der Waals surface area contributed by atoms with Crippen LogP contribution in [0.2, 0.25) is 0 Å². The van der Waals surface area contributed by atoms with Gasteiger partial charge in [0.05, 0.1) is 27.6 Å². The molecule has 0 saturated carbocycles. The molecule has 25 heavy (non-hydrogen) atoms. The fourth-order valence-corrected chi connectivity index (χ4v) is 4.83. The van der Waals surface area contributed by atoms with Gasteiger partial charge < -0.3 is 5.32 Å². The third-order valence-corrected chi connectivity index (χ3v) is 6.59. The number of thiazole rings is 1. The SMILES string of the molecule is O=[N+]([O-])c1cc(S(=O)(=O)N2CCCCC2)ccc1NCc1cscn1. The summed E-state index contributed by atoms with van der Waals surface area (Å²) in [5.41, 5.74) is 2.47. The van der Waals surface area contributed by atoms with Crippen LogP contribution in [0.1, 0.15) is 25.0 Å². The number of nitro benzene ring substituents is 1. The molecule has 1 N–H and O–H groups in total. The highest BCUT2D eigenvalue weighted by molar-refractivity contribution is 7.89. The Morgan fingerprint density at radius 3 is 2.68 bits per heavy atom. The highest BCUT2D eigenvalue weighted by Crippen LogP contribution is 2.30. The molecule has 0 unspecified atom stereocenters. The van der Waals surface area contributed by atoms with Crippen LogP contribution in [0.4, 0.5) is 11.4 Å². The van der Waals surface area contributed by atoms with Gasteiger partial charge in [0.25, 0.3) is 5.69 Å². The number of benzene rings is 1. The first-order valence-electron chi connectivity index (χ1n) is 7.88. The van der Waals surface area contributed by atoms with Crippen LogP contribution in [0.5, 0.6) is 0 Å². The van der Waals surface area contributed by atoms with Crippen LogP contribution in [0.15, 0.2) is 34.0 Å². The van der Waals surface area contributed by atoms with E-state index in [0.29, 0.717) is 19.6 Å². The predicted molar refractivity (Wildman–Crippen MR) is 95.1 cm³/mol. The summed E-state index contributed by atoms with van der Waals surface area (Å²) < 4.78 is 26.8. The van der Waals surface area contributed by atoms with Crippen LogP contribution < -0.4 is 5.32 Å². The van der Waals surface area contributed by atoms with Gasteiger partial charge in [0.2, 0.25) is 10.0 Å². The Bertz CT molecular complexity index is 846. The number of sulfonamides is 1. The van der Waals surface area contributed by atoms with E-state index in [1.54, 1.807) is 5.51 Å². The Morgan fingerprint density at radius 2 is 2.04 bits per heavy atom. The van der Waals surface area contributed by atoms with Gasteiger partial charge in [-0.15, -0.1) is 11.3 Å². The van der Waals surface area contributed by atoms with E-state index in [-0.39, 0.29) is 16.3 Å². The van der Waals surface area contributed by atoms with Gasteiger partial charge in [0, 0.05) is 24.5 Å². The molecule has 1 aliphatic heterocycles. The number of anilines is 1. The van der Waals surface area contributed by atoms with Crippen LogP contribution in [0.3, 0.4) is 0 Å². The standard InChI is InChI=1S/C15H18N4O4S2/c20-19(21)15-8-13(25(22,23)18-6-2-1-3-7-18)4-5-14(15)16-9-12-10-24-11-17-12/h4-5,8,10-11,16H,1-3,6-7,9H2. The lowest BCUT2D eigenvalue weighted by molar-refractivity contribution is -0.384. The molecule has 0 radical (unpaired) electrons. The summed E-state index contributed by atoms with van der Waals surface area (Å²) in [6, 6.07) is 4.00. The van der Waals surface area contributed by atoms with Crippen molar-refractivity contribution in [1.82, 2.24) is 9.29 Å². The highest BCUT2D eigenvalue weighted by Gasteiger charge is 2.28. The van der Waals surface area contributed by atoms with Crippen molar-refractivity contribution >= 4 is 32.7 Å². The normalized spacial score (nSPS) is 15.8. The molecule has 8 nitrogen and oxygen atoms in total. The lowest BCUT2D eigenvalue weighted by Crippen LogP contribution is -2.35. The van der Waals surface area contributed by atoms with Gasteiger partial charge in [0.15, 0.2) is 0 Å². The summed E-state index contributed by atoms with van der Waals surface area (Å²) >= 11 is 1.44. The lowest BCUT2D eigenvalue weighted by Gasteiger charge is -2.25. The number of nitro groups is 1. The van der Waals surface area contributed by atoms with Crippen molar-refractivity contribution in [3.05, 3.63) is 44.9 Å². The van der Waals surface area contributed by atoms with Gasteiger partial charge in [-0.05, 0) is 25.0 Å². The average Bonchev–Trinajstić information content (AvgIpc) is 3.14. The molecule has 1 saturated heterocycles. The van der Waals surface area contributed by atoms with Gasteiger partial charge in [-0.2, -0.15) is 4.31 Å². The first-order chi connectivity index (χ1) is 12.0. The van der Waals surface area contributed by atoms with E-state index < -0.39 is 14.9 Å². The van der Waals surface area contributed by atoms with Crippen molar-refractivity contribution in [2.75, 3.05) is 18.4 Å². The first kappa shape index (κ1) is 17.8. The Labute approximate surface area is 149 Å². The smallest absolute Gasteiger partial charge is 0.293 e. The number of hydrogen-bond donors (Lipinski definition) is 1. The van der Waals surface area contributed by atoms with Crippen molar-refractivity contribution in [3.63, 3.8) is 0 Å². The second-order valence-corrected chi connectivity index (χ2v) is 8.39. The van der Waals surface area contributed by atoms with Crippen molar-refractivity contribution < 1.29 is 13.3 Å². The first-order valence-corrected chi connectivity index (χ1v) is 10.3. The second-order valence-electron chi connectivity index (χ2n) is 5.73.